The molecule has 0 aromatic heterocycles. The number of carboxylic acids is 6. The molecule has 32 nitrogen and oxygen atoms in total. The van der Waals surface area contributed by atoms with Crippen LogP contribution in [0.4, 0.5) is 9.59 Å². The molecule has 0 unspecified atom stereocenters. The van der Waals surface area contributed by atoms with E-state index >= 15 is 0 Å². The number of rotatable bonds is 46. The van der Waals surface area contributed by atoms with Crippen molar-refractivity contribution in [3.8, 4) is 0 Å². The molecular weight excluding hydrogens is 2190 g/mol. The van der Waals surface area contributed by atoms with Crippen LogP contribution in [-0.2, 0) is 118 Å². The molecule has 2 heterocycles. The number of halogens is 1. The monoisotopic (exact) mass is 2370 g/mol. The van der Waals surface area contributed by atoms with Gasteiger partial charge in [0.25, 0.3) is 0 Å². The van der Waals surface area contributed by atoms with Crippen LogP contribution < -0.4 is 0 Å². The Morgan fingerprint density at radius 2 is 0.630 bits per heavy atom. The third-order valence-electron chi connectivity index (χ3n) is 21.0. The minimum Gasteiger partial charge on any atom is -0.481 e. The van der Waals surface area contributed by atoms with Gasteiger partial charge in [-0.15, -0.1) is 13.2 Å². The van der Waals surface area contributed by atoms with Gasteiger partial charge in [-0.05, 0) is 261 Å². The molecule has 0 saturated carbocycles. The molecule has 146 heavy (non-hydrogen) atoms. The number of ether oxygens (including phenoxy) is 8. The van der Waals surface area contributed by atoms with Crippen LogP contribution in [0.1, 0.15) is 349 Å². The van der Waals surface area contributed by atoms with Crippen LogP contribution in [0.25, 0.3) is 0 Å². The minimum atomic E-state index is -0.996. The fraction of sp³-hybridized carbons (Fsp3) is 0.714. The second-order valence-corrected chi connectivity index (χ2v) is 46.4. The molecule has 2 aliphatic rings. The van der Waals surface area contributed by atoms with Crippen LogP contribution in [-0.4, -0.2) is 200 Å². The van der Waals surface area contributed by atoms with Crippen LogP contribution in [0, 0.1) is 101 Å². The first-order valence-electron chi connectivity index (χ1n) is 50.9. The van der Waals surface area contributed by atoms with E-state index in [1.807, 2.05) is 178 Å². The van der Waals surface area contributed by atoms with Gasteiger partial charge in [0.2, 0.25) is 11.8 Å². The van der Waals surface area contributed by atoms with Gasteiger partial charge in [0.1, 0.15) is 52.2 Å². The van der Waals surface area contributed by atoms with Crippen molar-refractivity contribution in [2.45, 2.75) is 397 Å². The number of esters is 6. The molecule has 4 amide bonds. The van der Waals surface area contributed by atoms with E-state index in [0.29, 0.717) is 102 Å². The van der Waals surface area contributed by atoms with Crippen molar-refractivity contribution in [3.05, 3.63) is 97.1 Å². The number of alkyl halides is 1. The zero-order valence-electron chi connectivity index (χ0n) is 94.2. The number of carboxylic acid groups (broad SMARTS) is 6. The first-order chi connectivity index (χ1) is 66.3. The van der Waals surface area contributed by atoms with E-state index in [0.717, 1.165) is 24.0 Å². The third-order valence-corrected chi connectivity index (χ3v) is 21.5. The summed E-state index contributed by atoms with van der Waals surface area (Å²) >= 11 is 2.99. The quantitative estimate of drug-likeness (QED) is 0.0155. The summed E-state index contributed by atoms with van der Waals surface area (Å²) in [5, 5.41) is 55.2. The van der Waals surface area contributed by atoms with Crippen LogP contribution in [0.2, 0.25) is 0 Å². The van der Waals surface area contributed by atoms with Gasteiger partial charge in [-0.2, -0.15) is 0 Å². The molecule has 2 saturated heterocycles. The molecule has 0 spiro atoms. The smallest absolute Gasteiger partial charge is 0.416 e. The Balaban J connectivity index is -0.000000526. The Bertz CT molecular complexity index is 4190. The summed E-state index contributed by atoms with van der Waals surface area (Å²) in [5.41, 5.74) is -1.21. The Morgan fingerprint density at radius 1 is 0.363 bits per heavy atom. The molecule has 842 valence electrons. The molecule has 0 bridgehead atoms. The number of imide groups is 2. The first-order valence-corrected chi connectivity index (χ1v) is 52.0. The zero-order valence-corrected chi connectivity index (χ0v) is 98.2. The number of allylic oxidation sites excluding steroid dienone is 2. The van der Waals surface area contributed by atoms with Gasteiger partial charge in [-0.3, -0.25) is 67.1 Å². The number of nitrogens with zero attached hydrogens (tertiary/aromatic N) is 2. The third kappa shape index (κ3) is 68.4. The van der Waals surface area contributed by atoms with Crippen molar-refractivity contribution in [3.63, 3.8) is 0 Å². The molecule has 2 fully saturated rings. The minimum absolute atomic E-state index is 0. The molecule has 4 rings (SSSR count). The molecule has 2 aliphatic heterocycles. The van der Waals surface area contributed by atoms with E-state index in [-0.39, 0.29) is 102 Å². The van der Waals surface area contributed by atoms with Crippen LogP contribution in [0.15, 0.2) is 86.0 Å². The van der Waals surface area contributed by atoms with Crippen LogP contribution in [0.3, 0.4) is 0 Å². The summed E-state index contributed by atoms with van der Waals surface area (Å²) in [7, 11) is 0. The summed E-state index contributed by atoms with van der Waals surface area (Å²) in [6, 6.07) is 19.0. The maximum atomic E-state index is 13.2. The zero-order chi connectivity index (χ0) is 114. The van der Waals surface area contributed by atoms with Crippen molar-refractivity contribution < 1.29 is 145 Å². The Morgan fingerprint density at radius 3 is 0.897 bits per heavy atom. The molecule has 0 aliphatic carbocycles. The van der Waals surface area contributed by atoms with Crippen LogP contribution in [0.5, 0.6) is 0 Å². The fourth-order valence-electron chi connectivity index (χ4n) is 15.2. The maximum Gasteiger partial charge on any atom is 0.416 e. The summed E-state index contributed by atoms with van der Waals surface area (Å²) < 4.78 is 41.6. The second-order valence-electron chi connectivity index (χ2n) is 45.8. The second kappa shape index (κ2) is 70.7. The number of carbonyl (C=O) groups excluding carboxylic acids is 10. The largest absolute Gasteiger partial charge is 0.481 e. The molecule has 34 heteroatoms. The predicted molar refractivity (Wildman–Crippen MR) is 563 cm³/mol. The standard InChI is InChI=1S/C22H31NO5.C16H21NO3.C15H28O4.2C15H26O4.C12H22O4.C11H20O4.C6H11BrO2.Fm/c1-15(2)11-17(13-19(24)28-22(3,4)5)20(25)23-18(14-27-21(23)26)12-16-9-7-6-8-10-16;1-12(2)8-9-15(18)17-14(11-20-16(17)19)10-13-6-4-3-5-7-13;3*1-7-8-11(14(18)19-15(4,5)6)12(13(16)17)9-10(2)3;1-8(2)6-9(11(14)15)7-10(13)16-12(3,4)5;1-4-5-8(10(12)13)9(11(14)15)6-7(2)3;1-6(2,3)9-5(8)4-7;/h6-10,15,17-18H,11-14H2,1-5H3;3-7,12,14H,8-11H2,1-2H3;10-12H,7-9H2,1-6H3,(H,16,17);2*7,10-12H,1,8-9H2,2-6H3,(H,16,17);8-9H,6-7H2,1-5H3,(H,14,15);7-9H,4-6H2,1-3H3,(H,12,13)(H,14,15);4H2,1-3H3;/t17-,18+;14-;11-,12-;11-,12+;11-,12-;9-;8-,9+;;/m1010110../s1. The molecule has 2 aromatic rings. The fourth-order valence-corrected chi connectivity index (χ4v) is 15.4. The molecule has 2 aromatic carbocycles. The van der Waals surface area contributed by atoms with Crippen molar-refractivity contribution in [1.29, 1.82) is 0 Å². The normalized spacial score (nSPS) is 15.5. The molecular formula is C112H185BrFmN2O30. The van der Waals surface area contributed by atoms with Gasteiger partial charge in [0, 0.05) is 12.3 Å². The molecule has 0 radical (unpaired) electrons. The summed E-state index contributed by atoms with van der Waals surface area (Å²) in [4.78, 5) is 190. The number of aliphatic carboxylic acids is 6. The average Bonchev–Trinajstić information content (AvgIpc) is 1.66. The first kappa shape index (κ1) is 143. The Kier molecular flexibility index (Phi) is 69.4. The Labute approximate surface area is 874 Å². The van der Waals surface area contributed by atoms with E-state index in [2.05, 4.69) is 42.9 Å². The molecule has 6 N–H and O–H groups in total. The SMILES string of the molecule is C=CC[C@@H](C(=O)OC(C)(C)C)[C@@H](CC(C)C)C(=O)O.C=CC[C@H](C(=O)OC(C)(C)C)[C@@H](CC(C)C)C(=O)O.CC(C)(C)OC(=O)CBr.CC(C)CCC(=O)N1C(=O)OC[C@@H]1Cc1ccccc1.CC(C)C[C@H](CC(=O)OC(C)(C)C)C(=O)N1C(=O)OC[C@@H]1Cc1ccccc1.CC(C)C[C@H](CC(=O)OC(C)(C)C)C(=O)O.CCC[C@@H](C(=O)OC(C)(C)C)[C@@H](CC(C)C)C(=O)O.CCC[C@H](C(=O)O)[C@@H](CC(C)C)C(=O)O.[Fm]. The summed E-state index contributed by atoms with van der Waals surface area (Å²) in [5.74, 6) is -13.6. The van der Waals surface area contributed by atoms with Gasteiger partial charge in [-0.1, -0.05) is 212 Å². The molecule has 12 atom stereocenters. The number of carbonyl (C=O) groups is 16. The number of amides is 4. The van der Waals surface area contributed by atoms with E-state index in [4.69, 9.17) is 53.2 Å². The number of hydrogen-bond donors (Lipinski definition) is 6. The van der Waals surface area contributed by atoms with Crippen molar-refractivity contribution >= 4 is 112 Å². The Hall–Kier alpha value is -11.1. The van der Waals surface area contributed by atoms with Gasteiger partial charge in [0.15, 0.2) is 0 Å². The van der Waals surface area contributed by atoms with E-state index in [1.165, 1.54) is 9.80 Å². The van der Waals surface area contributed by atoms with Gasteiger partial charge < -0.3 is 68.5 Å². The van der Waals surface area contributed by atoms with Crippen LogP contribution >= 0.6 is 15.9 Å². The van der Waals surface area contributed by atoms with E-state index in [9.17, 15) is 92.0 Å². The van der Waals surface area contributed by atoms with Gasteiger partial charge in [-0.25, -0.2) is 19.4 Å². The topological polar surface area (TPSA) is 475 Å². The average molecular weight is 2380 g/mol. The van der Waals surface area contributed by atoms with E-state index in [1.54, 1.807) is 116 Å². The van der Waals surface area contributed by atoms with E-state index < -0.39 is 159 Å². The van der Waals surface area contributed by atoms with Crippen molar-refractivity contribution in [2.75, 3.05) is 18.5 Å². The maximum absolute atomic E-state index is 13.2. The number of hydrogen-bond acceptors (Lipinski definition) is 24. The van der Waals surface area contributed by atoms with Crippen molar-refractivity contribution in [1.82, 2.24) is 9.80 Å². The van der Waals surface area contributed by atoms with Gasteiger partial charge in [0.05, 0.1) is 78.2 Å². The predicted octanol–water partition coefficient (Wildman–Crippen LogP) is 23.4. The van der Waals surface area contributed by atoms with Gasteiger partial charge >= 0.3 is 83.8 Å². The number of cyclic esters (lactones) is 2. The number of benzene rings is 2. The summed E-state index contributed by atoms with van der Waals surface area (Å²) in [6.07, 6.45) is 10.2. The summed E-state index contributed by atoms with van der Waals surface area (Å²) in [6.45, 7) is 71.2. The van der Waals surface area contributed by atoms with Crippen molar-refractivity contribution in [2.24, 2.45) is 101 Å².